The van der Waals surface area contributed by atoms with Crippen LogP contribution >= 0.6 is 0 Å². The lowest BCUT2D eigenvalue weighted by molar-refractivity contribution is 0.198. The van der Waals surface area contributed by atoms with Gasteiger partial charge in [-0.2, -0.15) is 0 Å². The molecule has 0 amide bonds. The van der Waals surface area contributed by atoms with E-state index in [-0.39, 0.29) is 6.61 Å². The van der Waals surface area contributed by atoms with Crippen molar-refractivity contribution in [3.05, 3.63) is 53.6 Å². The molecule has 0 radical (unpaired) electrons. The van der Waals surface area contributed by atoms with Crippen LogP contribution in [0.4, 0.5) is 0 Å². The van der Waals surface area contributed by atoms with Crippen LogP contribution in [0.2, 0.25) is 0 Å². The van der Waals surface area contributed by atoms with Gasteiger partial charge in [0.15, 0.2) is 11.5 Å². The molecule has 27 heavy (non-hydrogen) atoms. The topological polar surface area (TPSA) is 51.2 Å². The molecule has 5 heteroatoms. The smallest absolute Gasteiger partial charge is 0.160 e. The fourth-order valence-corrected chi connectivity index (χ4v) is 3.74. The molecule has 3 rings (SSSR count). The molecule has 0 aliphatic carbocycles. The predicted molar refractivity (Wildman–Crippen MR) is 106 cm³/mol. The molecular weight excluding hydrogens is 342 g/mol. The molecule has 1 heterocycles. The van der Waals surface area contributed by atoms with Crippen LogP contribution in [0.1, 0.15) is 17.5 Å². The van der Waals surface area contributed by atoms with Crippen molar-refractivity contribution in [2.45, 2.75) is 19.4 Å². The zero-order valence-corrected chi connectivity index (χ0v) is 16.2. The van der Waals surface area contributed by atoms with Crippen molar-refractivity contribution in [1.29, 1.82) is 0 Å². The van der Waals surface area contributed by atoms with E-state index in [1.807, 2.05) is 24.3 Å². The van der Waals surface area contributed by atoms with E-state index in [1.54, 1.807) is 14.2 Å². The highest BCUT2D eigenvalue weighted by molar-refractivity contribution is 5.43. The Balaban J connectivity index is 1.58. The van der Waals surface area contributed by atoms with Crippen LogP contribution in [0.25, 0.3) is 0 Å². The Morgan fingerprint density at radius 3 is 2.63 bits per heavy atom. The molecule has 1 aliphatic rings. The van der Waals surface area contributed by atoms with Gasteiger partial charge in [-0.05, 0) is 49.1 Å². The number of hydrogen-bond acceptors (Lipinski definition) is 5. The number of para-hydroxylation sites is 1. The zero-order chi connectivity index (χ0) is 19.1. The first-order valence-electron chi connectivity index (χ1n) is 9.48. The lowest BCUT2D eigenvalue weighted by Crippen LogP contribution is -2.21. The standard InChI is InChI=1S/C22H29NO4/c1-25-21-8-7-17(14-22(21)26-2)13-18-9-10-23(15-18)16-19-5-3-4-6-20(19)27-12-11-24/h3-8,14,18,24H,9-13,15-16H2,1-2H3. The minimum atomic E-state index is 0.0332. The van der Waals surface area contributed by atoms with Crippen LogP contribution in [0.15, 0.2) is 42.5 Å². The van der Waals surface area contributed by atoms with Crippen LogP contribution in [-0.4, -0.2) is 50.5 Å². The first-order valence-corrected chi connectivity index (χ1v) is 9.48. The lowest BCUT2D eigenvalue weighted by atomic mass is 9.98. The fourth-order valence-electron chi connectivity index (χ4n) is 3.74. The van der Waals surface area contributed by atoms with Gasteiger partial charge in [0.2, 0.25) is 0 Å². The maximum absolute atomic E-state index is 9.00. The normalized spacial score (nSPS) is 17.1. The summed E-state index contributed by atoms with van der Waals surface area (Å²) in [6, 6.07) is 14.3. The average molecular weight is 371 g/mol. The van der Waals surface area contributed by atoms with Crippen LogP contribution in [0.5, 0.6) is 17.2 Å². The molecule has 1 saturated heterocycles. The molecule has 2 aromatic rings. The molecule has 1 atom stereocenters. The van der Waals surface area contributed by atoms with Crippen molar-refractivity contribution >= 4 is 0 Å². The summed E-state index contributed by atoms with van der Waals surface area (Å²) in [6.45, 7) is 3.41. The SMILES string of the molecule is COc1ccc(CC2CCN(Cc3ccccc3OCCO)C2)cc1OC. The Kier molecular flexibility index (Phi) is 6.96. The highest BCUT2D eigenvalue weighted by Gasteiger charge is 2.23. The van der Waals surface area contributed by atoms with E-state index < -0.39 is 0 Å². The third kappa shape index (κ3) is 5.15. The summed E-state index contributed by atoms with van der Waals surface area (Å²) in [5, 5.41) is 9.00. The number of rotatable bonds is 9. The van der Waals surface area contributed by atoms with E-state index in [4.69, 9.17) is 19.3 Å². The highest BCUT2D eigenvalue weighted by Crippen LogP contribution is 2.30. The van der Waals surface area contributed by atoms with Crippen molar-refractivity contribution in [2.24, 2.45) is 5.92 Å². The quantitative estimate of drug-likeness (QED) is 0.734. The second kappa shape index (κ2) is 9.62. The van der Waals surface area contributed by atoms with Gasteiger partial charge >= 0.3 is 0 Å². The Labute approximate surface area is 161 Å². The minimum absolute atomic E-state index is 0.0332. The number of likely N-dealkylation sites (tertiary alicyclic amines) is 1. The van der Waals surface area contributed by atoms with E-state index in [1.165, 1.54) is 17.5 Å². The second-order valence-electron chi connectivity index (χ2n) is 6.96. The minimum Gasteiger partial charge on any atom is -0.493 e. The molecule has 0 spiro atoms. The number of benzene rings is 2. The summed E-state index contributed by atoms with van der Waals surface area (Å²) < 4.78 is 16.4. The molecule has 1 aliphatic heterocycles. The van der Waals surface area contributed by atoms with Gasteiger partial charge in [0.25, 0.3) is 0 Å². The molecule has 1 fully saturated rings. The largest absolute Gasteiger partial charge is 0.493 e. The lowest BCUT2D eigenvalue weighted by Gasteiger charge is -2.19. The molecule has 2 aromatic carbocycles. The first-order chi connectivity index (χ1) is 13.2. The van der Waals surface area contributed by atoms with Crippen LogP contribution in [0.3, 0.4) is 0 Å². The maximum Gasteiger partial charge on any atom is 0.160 e. The fraction of sp³-hybridized carbons (Fsp3) is 0.455. The number of ether oxygens (including phenoxy) is 3. The molecule has 5 nitrogen and oxygen atoms in total. The van der Waals surface area contributed by atoms with Crippen molar-refractivity contribution in [3.8, 4) is 17.2 Å². The van der Waals surface area contributed by atoms with Gasteiger partial charge in [0.05, 0.1) is 20.8 Å². The van der Waals surface area contributed by atoms with E-state index in [0.29, 0.717) is 12.5 Å². The van der Waals surface area contributed by atoms with Crippen molar-refractivity contribution in [1.82, 2.24) is 4.90 Å². The summed E-state index contributed by atoms with van der Waals surface area (Å²) in [5.74, 6) is 3.07. The molecule has 146 valence electrons. The summed E-state index contributed by atoms with van der Waals surface area (Å²) in [6.07, 6.45) is 2.23. The molecule has 0 aromatic heterocycles. The van der Waals surface area contributed by atoms with Gasteiger partial charge in [0, 0.05) is 18.7 Å². The zero-order valence-electron chi connectivity index (χ0n) is 16.2. The number of aliphatic hydroxyl groups is 1. The predicted octanol–water partition coefficient (Wildman–Crippen LogP) is 3.14. The monoisotopic (exact) mass is 371 g/mol. The van der Waals surface area contributed by atoms with E-state index >= 15 is 0 Å². The van der Waals surface area contributed by atoms with Crippen LogP contribution in [-0.2, 0) is 13.0 Å². The molecule has 0 bridgehead atoms. The molecule has 1 unspecified atom stereocenters. The first kappa shape index (κ1) is 19.5. The van der Waals surface area contributed by atoms with Gasteiger partial charge in [-0.3, -0.25) is 4.90 Å². The van der Waals surface area contributed by atoms with E-state index in [2.05, 4.69) is 23.1 Å². The third-order valence-corrected chi connectivity index (χ3v) is 5.06. The Morgan fingerprint density at radius 2 is 1.85 bits per heavy atom. The summed E-state index contributed by atoms with van der Waals surface area (Å²) in [4.78, 5) is 2.48. The van der Waals surface area contributed by atoms with Gasteiger partial charge in [0.1, 0.15) is 12.4 Å². The van der Waals surface area contributed by atoms with Gasteiger partial charge in [-0.25, -0.2) is 0 Å². The molecule has 1 N–H and O–H groups in total. The van der Waals surface area contributed by atoms with Gasteiger partial charge in [-0.1, -0.05) is 24.3 Å². The Hall–Kier alpha value is -2.24. The van der Waals surface area contributed by atoms with Crippen LogP contribution < -0.4 is 14.2 Å². The van der Waals surface area contributed by atoms with E-state index in [9.17, 15) is 0 Å². The van der Waals surface area contributed by atoms with Gasteiger partial charge < -0.3 is 19.3 Å². The maximum atomic E-state index is 9.00. The second-order valence-corrected chi connectivity index (χ2v) is 6.96. The Bertz CT molecular complexity index is 734. The van der Waals surface area contributed by atoms with Crippen LogP contribution in [0, 0.1) is 5.92 Å². The van der Waals surface area contributed by atoms with Gasteiger partial charge in [-0.15, -0.1) is 0 Å². The number of aliphatic hydroxyl groups excluding tert-OH is 1. The van der Waals surface area contributed by atoms with Crippen molar-refractivity contribution < 1.29 is 19.3 Å². The summed E-state index contributed by atoms with van der Waals surface area (Å²) >= 11 is 0. The molecular formula is C22H29NO4. The van der Waals surface area contributed by atoms with E-state index in [0.717, 1.165) is 43.3 Å². The van der Waals surface area contributed by atoms with Crippen molar-refractivity contribution in [2.75, 3.05) is 40.5 Å². The number of hydrogen-bond donors (Lipinski definition) is 1. The number of nitrogens with zero attached hydrogens (tertiary/aromatic N) is 1. The summed E-state index contributed by atoms with van der Waals surface area (Å²) in [5.41, 5.74) is 2.46. The van der Waals surface area contributed by atoms with Crippen molar-refractivity contribution in [3.63, 3.8) is 0 Å². The Morgan fingerprint density at radius 1 is 1.04 bits per heavy atom. The highest BCUT2D eigenvalue weighted by atomic mass is 16.5. The number of methoxy groups -OCH3 is 2. The summed E-state index contributed by atoms with van der Waals surface area (Å²) in [7, 11) is 3.34. The molecule has 0 saturated carbocycles. The third-order valence-electron chi connectivity index (χ3n) is 5.06. The average Bonchev–Trinajstić information content (AvgIpc) is 3.14.